The third-order valence-corrected chi connectivity index (χ3v) is 4.12. The van der Waals surface area contributed by atoms with Crippen molar-refractivity contribution >= 4 is 11.8 Å². The second-order valence-electron chi connectivity index (χ2n) is 4.00. The van der Waals surface area contributed by atoms with Crippen molar-refractivity contribution in [1.82, 2.24) is 0 Å². The second-order valence-corrected chi connectivity index (χ2v) is 5.28. The Morgan fingerprint density at radius 1 is 1.55 bits per heavy atom. The summed E-state index contributed by atoms with van der Waals surface area (Å²) in [7, 11) is 0. The lowest BCUT2D eigenvalue weighted by Gasteiger charge is -2.38. The Labute approximate surface area is 73.9 Å². The molecule has 1 saturated heterocycles. The minimum atomic E-state index is 0.400. The van der Waals surface area contributed by atoms with E-state index in [1.807, 2.05) is 11.8 Å². The molecule has 0 saturated carbocycles. The van der Waals surface area contributed by atoms with Gasteiger partial charge in [-0.25, -0.2) is 0 Å². The fraction of sp³-hybridized carbons (Fsp3) is 1.00. The third kappa shape index (κ3) is 2.12. The summed E-state index contributed by atoms with van der Waals surface area (Å²) in [6.45, 7) is 9.93. The average Bonchev–Trinajstić information content (AvgIpc) is 1.95. The van der Waals surface area contributed by atoms with Crippen molar-refractivity contribution < 1.29 is 4.74 Å². The zero-order chi connectivity index (χ0) is 8.48. The molecule has 0 radical (unpaired) electrons. The molecule has 11 heavy (non-hydrogen) atoms. The molecule has 2 heteroatoms. The highest BCUT2D eigenvalue weighted by Crippen LogP contribution is 2.37. The normalized spacial score (nSPS) is 39.5. The summed E-state index contributed by atoms with van der Waals surface area (Å²) in [4.78, 5) is 0. The highest BCUT2D eigenvalue weighted by atomic mass is 32.2. The van der Waals surface area contributed by atoms with Gasteiger partial charge in [0, 0.05) is 11.2 Å². The third-order valence-electron chi connectivity index (χ3n) is 2.69. The molecule has 0 bridgehead atoms. The summed E-state index contributed by atoms with van der Waals surface area (Å²) in [5.74, 6) is 1.97. The van der Waals surface area contributed by atoms with Gasteiger partial charge in [0.05, 0.1) is 12.0 Å². The first-order valence-corrected chi connectivity index (χ1v) is 5.33. The molecule has 1 fully saturated rings. The van der Waals surface area contributed by atoms with E-state index >= 15 is 0 Å². The molecule has 1 heterocycles. The van der Waals surface area contributed by atoms with Crippen LogP contribution in [-0.2, 0) is 4.74 Å². The van der Waals surface area contributed by atoms with Gasteiger partial charge in [-0.15, -0.1) is 11.8 Å². The van der Waals surface area contributed by atoms with Crippen LogP contribution in [0, 0.1) is 11.3 Å². The second kappa shape index (κ2) is 3.36. The van der Waals surface area contributed by atoms with Crippen molar-refractivity contribution in [2.24, 2.45) is 11.3 Å². The average molecular weight is 174 g/mol. The van der Waals surface area contributed by atoms with E-state index in [2.05, 4.69) is 27.7 Å². The van der Waals surface area contributed by atoms with Crippen LogP contribution < -0.4 is 0 Å². The van der Waals surface area contributed by atoms with E-state index < -0.39 is 0 Å². The minimum absolute atomic E-state index is 0.400. The number of hydrogen-bond acceptors (Lipinski definition) is 2. The van der Waals surface area contributed by atoms with E-state index in [-0.39, 0.29) is 0 Å². The minimum Gasteiger partial charge on any atom is -0.367 e. The van der Waals surface area contributed by atoms with Crippen LogP contribution in [-0.4, -0.2) is 17.8 Å². The van der Waals surface area contributed by atoms with Crippen molar-refractivity contribution in [3.8, 4) is 0 Å². The summed E-state index contributed by atoms with van der Waals surface area (Å²) in [6.07, 6.45) is 0. The fourth-order valence-electron chi connectivity index (χ4n) is 1.04. The van der Waals surface area contributed by atoms with E-state index in [9.17, 15) is 0 Å². The Balaban J connectivity index is 2.48. The summed E-state index contributed by atoms with van der Waals surface area (Å²) in [5.41, 5.74) is 0.804. The van der Waals surface area contributed by atoms with Crippen molar-refractivity contribution in [2.45, 2.75) is 33.1 Å². The van der Waals surface area contributed by atoms with E-state index in [0.29, 0.717) is 10.9 Å². The first-order chi connectivity index (χ1) is 5.04. The van der Waals surface area contributed by atoms with Crippen molar-refractivity contribution in [3.63, 3.8) is 0 Å². The first kappa shape index (κ1) is 9.40. The molecule has 0 aromatic heterocycles. The molecule has 0 aromatic carbocycles. The molecule has 2 unspecified atom stereocenters. The van der Waals surface area contributed by atoms with Crippen LogP contribution in [0.4, 0.5) is 0 Å². The van der Waals surface area contributed by atoms with Crippen molar-refractivity contribution in [2.75, 3.05) is 12.4 Å². The van der Waals surface area contributed by atoms with Gasteiger partial charge in [0.1, 0.15) is 0 Å². The molecule has 1 aliphatic rings. The van der Waals surface area contributed by atoms with Crippen LogP contribution in [0.3, 0.4) is 0 Å². The SMILES string of the molecule is CC1OCC(C)(C(C)C)CS1. The Morgan fingerprint density at radius 2 is 2.18 bits per heavy atom. The smallest absolute Gasteiger partial charge is 0.0999 e. The van der Waals surface area contributed by atoms with Gasteiger partial charge in [0.15, 0.2) is 0 Å². The number of ether oxygens (including phenoxy) is 1. The maximum Gasteiger partial charge on any atom is 0.0999 e. The molecule has 0 aliphatic carbocycles. The largest absolute Gasteiger partial charge is 0.367 e. The van der Waals surface area contributed by atoms with Gasteiger partial charge in [-0.2, -0.15) is 0 Å². The van der Waals surface area contributed by atoms with Crippen LogP contribution in [0.15, 0.2) is 0 Å². The van der Waals surface area contributed by atoms with Gasteiger partial charge in [0.2, 0.25) is 0 Å². The van der Waals surface area contributed by atoms with Gasteiger partial charge < -0.3 is 4.74 Å². The highest BCUT2D eigenvalue weighted by Gasteiger charge is 2.33. The molecular weight excluding hydrogens is 156 g/mol. The zero-order valence-corrected chi connectivity index (χ0v) is 8.70. The van der Waals surface area contributed by atoms with Crippen LogP contribution in [0.2, 0.25) is 0 Å². The number of hydrogen-bond donors (Lipinski definition) is 0. The maximum absolute atomic E-state index is 5.62. The Bertz CT molecular complexity index is 126. The van der Waals surface area contributed by atoms with E-state index in [0.717, 1.165) is 12.5 Å². The highest BCUT2D eigenvalue weighted by molar-refractivity contribution is 7.99. The molecule has 2 atom stereocenters. The summed E-state index contributed by atoms with van der Waals surface area (Å²) in [6, 6.07) is 0. The predicted molar refractivity (Wildman–Crippen MR) is 50.8 cm³/mol. The fourth-order valence-corrected chi connectivity index (χ4v) is 2.23. The lowest BCUT2D eigenvalue weighted by atomic mass is 9.82. The lowest BCUT2D eigenvalue weighted by molar-refractivity contribution is 0.0210. The molecular formula is C9H18OS. The molecule has 66 valence electrons. The summed E-state index contributed by atoms with van der Waals surface area (Å²) >= 11 is 1.93. The van der Waals surface area contributed by atoms with Crippen molar-refractivity contribution in [3.05, 3.63) is 0 Å². The molecule has 1 aliphatic heterocycles. The van der Waals surface area contributed by atoms with Gasteiger partial charge in [-0.1, -0.05) is 20.8 Å². The van der Waals surface area contributed by atoms with Gasteiger partial charge in [-0.05, 0) is 12.8 Å². The molecule has 0 aromatic rings. The maximum atomic E-state index is 5.62. The van der Waals surface area contributed by atoms with Crippen molar-refractivity contribution in [1.29, 1.82) is 0 Å². The van der Waals surface area contributed by atoms with Crippen LogP contribution in [0.1, 0.15) is 27.7 Å². The van der Waals surface area contributed by atoms with Crippen LogP contribution >= 0.6 is 11.8 Å². The van der Waals surface area contributed by atoms with Crippen LogP contribution in [0.5, 0.6) is 0 Å². The first-order valence-electron chi connectivity index (χ1n) is 4.28. The van der Waals surface area contributed by atoms with E-state index in [4.69, 9.17) is 4.74 Å². The van der Waals surface area contributed by atoms with Gasteiger partial charge in [-0.3, -0.25) is 0 Å². The van der Waals surface area contributed by atoms with Gasteiger partial charge in [0.25, 0.3) is 0 Å². The summed E-state index contributed by atoms with van der Waals surface area (Å²) < 4.78 is 5.62. The Morgan fingerprint density at radius 3 is 2.55 bits per heavy atom. The van der Waals surface area contributed by atoms with Gasteiger partial charge >= 0.3 is 0 Å². The Hall–Kier alpha value is 0.310. The number of rotatable bonds is 1. The zero-order valence-electron chi connectivity index (χ0n) is 7.89. The molecule has 0 spiro atoms. The topological polar surface area (TPSA) is 9.23 Å². The van der Waals surface area contributed by atoms with E-state index in [1.54, 1.807) is 0 Å². The standard InChI is InChI=1S/C9H18OS/c1-7(2)9(4)5-10-8(3)11-6-9/h7-8H,5-6H2,1-4H3. The molecule has 0 N–H and O–H groups in total. The Kier molecular flexibility index (Phi) is 2.87. The van der Waals surface area contributed by atoms with Crippen LogP contribution in [0.25, 0.3) is 0 Å². The number of thioether (sulfide) groups is 1. The quantitative estimate of drug-likeness (QED) is 0.604. The molecule has 0 amide bonds. The lowest BCUT2D eigenvalue weighted by Crippen LogP contribution is -2.37. The monoisotopic (exact) mass is 174 g/mol. The van der Waals surface area contributed by atoms with E-state index in [1.165, 1.54) is 5.75 Å². The molecule has 1 nitrogen and oxygen atoms in total. The molecule has 1 rings (SSSR count). The summed E-state index contributed by atoms with van der Waals surface area (Å²) in [5, 5.41) is 0. The predicted octanol–water partition coefficient (Wildman–Crippen LogP) is 2.76.